The Labute approximate surface area is 85.1 Å². The first-order chi connectivity index (χ1) is 6.15. The molecule has 0 fully saturated rings. The van der Waals surface area contributed by atoms with Crippen molar-refractivity contribution in [1.29, 1.82) is 0 Å². The Morgan fingerprint density at radius 3 is 2.54 bits per heavy atom. The Morgan fingerprint density at radius 1 is 1.31 bits per heavy atom. The lowest BCUT2D eigenvalue weighted by atomic mass is 10.1. The van der Waals surface area contributed by atoms with Crippen molar-refractivity contribution in [3.05, 3.63) is 28.3 Å². The van der Waals surface area contributed by atoms with E-state index in [2.05, 4.69) is 32.2 Å². The van der Waals surface area contributed by atoms with Crippen LogP contribution in [0.3, 0.4) is 0 Å². The van der Waals surface area contributed by atoms with Gasteiger partial charge in [-0.2, -0.15) is 0 Å². The van der Waals surface area contributed by atoms with Crippen LogP contribution in [0.2, 0.25) is 5.02 Å². The summed E-state index contributed by atoms with van der Waals surface area (Å²) in [6.07, 6.45) is 1.11. The first kappa shape index (κ1) is 10.4. The minimum atomic E-state index is 0.825. The third-order valence-electron chi connectivity index (χ3n) is 1.98. The van der Waals surface area contributed by atoms with Crippen molar-refractivity contribution in [2.24, 2.45) is 0 Å². The van der Waals surface area contributed by atoms with Crippen LogP contribution in [0.4, 0.5) is 5.69 Å². The first-order valence-corrected chi connectivity index (χ1v) is 5.03. The maximum Gasteiger partial charge on any atom is 0.0642 e. The first-order valence-electron chi connectivity index (χ1n) is 4.65. The molecule has 0 spiro atoms. The molecule has 0 aliphatic rings. The monoisotopic (exact) mass is 197 g/mol. The van der Waals surface area contributed by atoms with Crippen molar-refractivity contribution in [3.63, 3.8) is 0 Å². The van der Waals surface area contributed by atoms with Crippen LogP contribution in [-0.2, 0) is 0 Å². The fourth-order valence-electron chi connectivity index (χ4n) is 1.39. The molecule has 1 nitrogen and oxygen atoms in total. The third-order valence-corrected chi connectivity index (χ3v) is 2.28. The Hall–Kier alpha value is -0.690. The predicted octanol–water partition coefficient (Wildman–Crippen LogP) is 3.78. The lowest BCUT2D eigenvalue weighted by Gasteiger charge is -2.11. The zero-order chi connectivity index (χ0) is 9.84. The fourth-order valence-corrected chi connectivity index (χ4v) is 1.78. The molecule has 0 amide bonds. The van der Waals surface area contributed by atoms with Gasteiger partial charge in [-0.25, -0.2) is 0 Å². The average Bonchev–Trinajstić information content (AvgIpc) is 2.02. The molecule has 0 aliphatic carbocycles. The van der Waals surface area contributed by atoms with E-state index in [1.54, 1.807) is 0 Å². The third kappa shape index (κ3) is 2.63. The van der Waals surface area contributed by atoms with Gasteiger partial charge in [0.25, 0.3) is 0 Å². The van der Waals surface area contributed by atoms with E-state index in [0.29, 0.717) is 0 Å². The molecular weight excluding hydrogens is 182 g/mol. The number of aryl methyl sites for hydroxylation is 2. The number of benzene rings is 1. The van der Waals surface area contributed by atoms with Gasteiger partial charge in [-0.15, -0.1) is 0 Å². The molecular formula is C11H16ClN. The van der Waals surface area contributed by atoms with Gasteiger partial charge in [-0.3, -0.25) is 0 Å². The normalized spacial score (nSPS) is 10.2. The summed E-state index contributed by atoms with van der Waals surface area (Å²) >= 11 is 6.11. The molecule has 1 aromatic carbocycles. The second kappa shape index (κ2) is 4.52. The molecule has 0 aliphatic heterocycles. The number of hydrogen-bond acceptors (Lipinski definition) is 1. The highest BCUT2D eigenvalue weighted by atomic mass is 35.5. The van der Waals surface area contributed by atoms with Crippen LogP contribution in [0.15, 0.2) is 12.1 Å². The van der Waals surface area contributed by atoms with Crippen LogP contribution in [-0.4, -0.2) is 6.54 Å². The average molecular weight is 198 g/mol. The lowest BCUT2D eigenvalue weighted by molar-refractivity contribution is 0.977. The van der Waals surface area contributed by atoms with Crippen LogP contribution in [0.25, 0.3) is 0 Å². The lowest BCUT2D eigenvalue weighted by Crippen LogP contribution is -2.02. The van der Waals surface area contributed by atoms with Crippen molar-refractivity contribution >= 4 is 17.3 Å². The molecule has 0 unspecified atom stereocenters. The SMILES string of the molecule is CCCNc1c(C)cc(C)cc1Cl. The maximum atomic E-state index is 6.11. The van der Waals surface area contributed by atoms with Gasteiger partial charge < -0.3 is 5.32 Å². The Morgan fingerprint density at radius 2 is 2.00 bits per heavy atom. The molecule has 1 N–H and O–H groups in total. The molecule has 0 radical (unpaired) electrons. The van der Waals surface area contributed by atoms with Gasteiger partial charge in [0.2, 0.25) is 0 Å². The smallest absolute Gasteiger partial charge is 0.0642 e. The molecule has 0 aromatic heterocycles. The van der Waals surface area contributed by atoms with E-state index in [9.17, 15) is 0 Å². The number of nitrogens with one attached hydrogen (secondary N) is 1. The summed E-state index contributed by atoms with van der Waals surface area (Å²) < 4.78 is 0. The fraction of sp³-hybridized carbons (Fsp3) is 0.455. The van der Waals surface area contributed by atoms with Crippen LogP contribution in [0.1, 0.15) is 24.5 Å². The summed E-state index contributed by atoms with van der Waals surface area (Å²) in [6, 6.07) is 4.14. The molecule has 13 heavy (non-hydrogen) atoms. The van der Waals surface area contributed by atoms with Gasteiger partial charge in [0.05, 0.1) is 10.7 Å². The van der Waals surface area contributed by atoms with Gasteiger partial charge in [0, 0.05) is 6.54 Å². The molecule has 0 bridgehead atoms. The summed E-state index contributed by atoms with van der Waals surface area (Å²) in [5.74, 6) is 0. The number of halogens is 1. The number of anilines is 1. The van der Waals surface area contributed by atoms with E-state index >= 15 is 0 Å². The van der Waals surface area contributed by atoms with E-state index in [-0.39, 0.29) is 0 Å². The van der Waals surface area contributed by atoms with E-state index in [1.165, 1.54) is 11.1 Å². The zero-order valence-electron chi connectivity index (χ0n) is 8.45. The minimum absolute atomic E-state index is 0.825. The summed E-state index contributed by atoms with van der Waals surface area (Å²) in [4.78, 5) is 0. The highest BCUT2D eigenvalue weighted by Crippen LogP contribution is 2.26. The van der Waals surface area contributed by atoms with Gasteiger partial charge >= 0.3 is 0 Å². The Kier molecular flexibility index (Phi) is 3.61. The van der Waals surface area contributed by atoms with E-state index < -0.39 is 0 Å². The quantitative estimate of drug-likeness (QED) is 0.778. The van der Waals surface area contributed by atoms with Crippen molar-refractivity contribution in [2.45, 2.75) is 27.2 Å². The second-order valence-corrected chi connectivity index (χ2v) is 3.77. The molecule has 2 heteroatoms. The zero-order valence-corrected chi connectivity index (χ0v) is 9.20. The number of rotatable bonds is 3. The summed E-state index contributed by atoms with van der Waals surface area (Å²) in [5, 5.41) is 4.15. The molecule has 0 atom stereocenters. The molecule has 0 saturated heterocycles. The second-order valence-electron chi connectivity index (χ2n) is 3.37. The standard InChI is InChI=1S/C11H16ClN/c1-4-5-13-11-9(3)6-8(2)7-10(11)12/h6-7,13H,4-5H2,1-3H3. The van der Waals surface area contributed by atoms with E-state index in [4.69, 9.17) is 11.6 Å². The minimum Gasteiger partial charge on any atom is -0.384 e. The summed E-state index contributed by atoms with van der Waals surface area (Å²) in [5.41, 5.74) is 3.51. The molecule has 1 rings (SSSR count). The molecule has 0 saturated carbocycles. The van der Waals surface area contributed by atoms with Crippen LogP contribution in [0.5, 0.6) is 0 Å². The van der Waals surface area contributed by atoms with Gasteiger partial charge in [0.1, 0.15) is 0 Å². The van der Waals surface area contributed by atoms with Gasteiger partial charge in [-0.05, 0) is 37.5 Å². The highest BCUT2D eigenvalue weighted by molar-refractivity contribution is 6.33. The van der Waals surface area contributed by atoms with E-state index in [0.717, 1.165) is 23.7 Å². The largest absolute Gasteiger partial charge is 0.384 e. The number of hydrogen-bond donors (Lipinski definition) is 1. The topological polar surface area (TPSA) is 12.0 Å². The van der Waals surface area contributed by atoms with E-state index in [1.807, 2.05) is 6.07 Å². The van der Waals surface area contributed by atoms with Crippen LogP contribution >= 0.6 is 11.6 Å². The predicted molar refractivity (Wildman–Crippen MR) is 59.7 cm³/mol. The Bertz CT molecular complexity index is 271. The summed E-state index contributed by atoms with van der Waals surface area (Å²) in [6.45, 7) is 7.26. The van der Waals surface area contributed by atoms with Crippen molar-refractivity contribution in [3.8, 4) is 0 Å². The van der Waals surface area contributed by atoms with Crippen molar-refractivity contribution in [1.82, 2.24) is 0 Å². The molecule has 1 aromatic rings. The summed E-state index contributed by atoms with van der Waals surface area (Å²) in [7, 11) is 0. The molecule has 0 heterocycles. The molecule has 72 valence electrons. The van der Waals surface area contributed by atoms with Crippen LogP contribution in [0, 0.1) is 13.8 Å². The van der Waals surface area contributed by atoms with Gasteiger partial charge in [0.15, 0.2) is 0 Å². The van der Waals surface area contributed by atoms with Crippen molar-refractivity contribution < 1.29 is 0 Å². The van der Waals surface area contributed by atoms with Crippen LogP contribution < -0.4 is 5.32 Å². The maximum absolute atomic E-state index is 6.11. The van der Waals surface area contributed by atoms with Gasteiger partial charge in [-0.1, -0.05) is 24.6 Å². The highest BCUT2D eigenvalue weighted by Gasteiger charge is 2.03. The Balaban J connectivity index is 2.92. The van der Waals surface area contributed by atoms with Crippen molar-refractivity contribution in [2.75, 3.05) is 11.9 Å².